The second-order valence-electron chi connectivity index (χ2n) is 1.21. The quantitative estimate of drug-likeness (QED) is 0.394. The van der Waals surface area contributed by atoms with Gasteiger partial charge in [0.25, 0.3) is 0 Å². The molecule has 0 N–H and O–H groups in total. The van der Waals surface area contributed by atoms with Crippen molar-refractivity contribution in [1.82, 2.24) is 0 Å². The molecular weight excluding hydrogens is 104 g/mol. The maximum atomic E-state index is 8.10. The Hall–Kier alpha value is -1.04. The van der Waals surface area contributed by atoms with Gasteiger partial charge in [-0.1, -0.05) is 5.16 Å². The molecule has 0 rings (SSSR count). The van der Waals surface area contributed by atoms with Crippen LogP contribution in [0.2, 0.25) is 0 Å². The number of nitriles is 1. The minimum absolute atomic E-state index is 0.354. The third-order valence-corrected chi connectivity index (χ3v) is 0.492. The van der Waals surface area contributed by atoms with Gasteiger partial charge in [0, 0.05) is 0 Å². The van der Waals surface area contributed by atoms with Gasteiger partial charge < -0.3 is 4.84 Å². The zero-order chi connectivity index (χ0) is 6.41. The summed E-state index contributed by atoms with van der Waals surface area (Å²) < 4.78 is 0. The van der Waals surface area contributed by atoms with E-state index in [1.165, 1.54) is 0 Å². The van der Waals surface area contributed by atoms with E-state index < -0.39 is 0 Å². The Balaban J connectivity index is 3.46. The molecule has 0 aromatic rings. The molecule has 8 heavy (non-hydrogen) atoms. The van der Waals surface area contributed by atoms with Crippen LogP contribution in [0.25, 0.3) is 0 Å². The number of oxime groups is 1. The Morgan fingerprint density at radius 1 is 1.88 bits per heavy atom. The van der Waals surface area contributed by atoms with Crippen LogP contribution in [-0.2, 0) is 4.84 Å². The molecule has 0 aliphatic heterocycles. The Morgan fingerprint density at radius 2 is 2.50 bits per heavy atom. The zero-order valence-electron chi connectivity index (χ0n) is 5.01. The molecule has 3 nitrogen and oxygen atoms in total. The Labute approximate surface area is 48.6 Å². The third-order valence-electron chi connectivity index (χ3n) is 0.492. The highest BCUT2D eigenvalue weighted by Gasteiger charge is 1.81. The molecule has 0 aromatic heterocycles. The van der Waals surface area contributed by atoms with Crippen molar-refractivity contribution in [2.24, 2.45) is 5.16 Å². The van der Waals surface area contributed by atoms with Gasteiger partial charge in [0.1, 0.15) is 12.7 Å². The van der Waals surface area contributed by atoms with Gasteiger partial charge in [-0.05, 0) is 13.8 Å². The first kappa shape index (κ1) is 6.96. The summed E-state index contributed by atoms with van der Waals surface area (Å²) in [6.45, 7) is 3.92. The number of hydrogen-bond acceptors (Lipinski definition) is 3. The highest BCUT2D eigenvalue weighted by Crippen LogP contribution is 1.76. The van der Waals surface area contributed by atoms with Gasteiger partial charge in [0.2, 0.25) is 0 Å². The summed E-state index contributed by atoms with van der Waals surface area (Å²) in [5, 5.41) is 11.5. The van der Waals surface area contributed by atoms with Gasteiger partial charge in [-0.25, -0.2) is 0 Å². The summed E-state index contributed by atoms with van der Waals surface area (Å²) in [6, 6.07) is 1.82. The van der Waals surface area contributed by atoms with Gasteiger partial charge >= 0.3 is 0 Å². The minimum Gasteiger partial charge on any atom is -0.395 e. The minimum atomic E-state index is 0.354. The average molecular weight is 112 g/mol. The average Bonchev–Trinajstić information content (AvgIpc) is 1.83. The highest BCUT2D eigenvalue weighted by molar-refractivity contribution is 5.95. The van der Waals surface area contributed by atoms with Crippen LogP contribution in [0.1, 0.15) is 13.8 Å². The van der Waals surface area contributed by atoms with Gasteiger partial charge in [0.15, 0.2) is 5.71 Å². The van der Waals surface area contributed by atoms with E-state index in [2.05, 4.69) is 9.99 Å². The third kappa shape index (κ3) is 3.16. The van der Waals surface area contributed by atoms with E-state index >= 15 is 0 Å². The van der Waals surface area contributed by atoms with Crippen molar-refractivity contribution in [2.45, 2.75) is 13.8 Å². The summed E-state index contributed by atoms with van der Waals surface area (Å²) in [5.74, 6) is 0. The predicted molar refractivity (Wildman–Crippen MR) is 30.3 cm³/mol. The second-order valence-corrected chi connectivity index (χ2v) is 1.21. The fourth-order valence-corrected chi connectivity index (χ4v) is 0.182. The molecule has 0 heterocycles. The van der Waals surface area contributed by atoms with Crippen LogP contribution >= 0.6 is 0 Å². The van der Waals surface area contributed by atoms with E-state index in [0.717, 1.165) is 0 Å². The van der Waals surface area contributed by atoms with Crippen LogP contribution in [0, 0.1) is 11.3 Å². The van der Waals surface area contributed by atoms with Crippen LogP contribution in [0.4, 0.5) is 0 Å². The Morgan fingerprint density at radius 3 is 2.88 bits per heavy atom. The van der Waals surface area contributed by atoms with Crippen LogP contribution < -0.4 is 0 Å². The Bertz CT molecular complexity index is 123. The van der Waals surface area contributed by atoms with E-state index in [9.17, 15) is 0 Å². The molecular formula is C5H8N2O. The highest BCUT2D eigenvalue weighted by atomic mass is 16.6. The molecule has 0 aliphatic carbocycles. The summed E-state index contributed by atoms with van der Waals surface area (Å²) >= 11 is 0. The molecule has 0 aliphatic rings. The lowest BCUT2D eigenvalue weighted by molar-refractivity contribution is 0.159. The lowest BCUT2D eigenvalue weighted by atomic mass is 10.5. The summed E-state index contributed by atoms with van der Waals surface area (Å²) in [6.07, 6.45) is 0. The summed E-state index contributed by atoms with van der Waals surface area (Å²) in [5.41, 5.74) is 0.354. The Kier molecular flexibility index (Phi) is 3.59. The molecule has 0 saturated carbocycles. The van der Waals surface area contributed by atoms with Crippen LogP contribution in [0.15, 0.2) is 5.16 Å². The maximum Gasteiger partial charge on any atom is 0.153 e. The molecule has 0 radical (unpaired) electrons. The molecule has 0 unspecified atom stereocenters. The van der Waals surface area contributed by atoms with E-state index in [1.54, 1.807) is 6.92 Å². The molecule has 0 amide bonds. The fraction of sp³-hybridized carbons (Fsp3) is 0.600. The van der Waals surface area contributed by atoms with Crippen molar-refractivity contribution < 1.29 is 4.84 Å². The molecule has 44 valence electrons. The second kappa shape index (κ2) is 4.13. The molecule has 0 saturated heterocycles. The van der Waals surface area contributed by atoms with Gasteiger partial charge in [-0.3, -0.25) is 0 Å². The largest absolute Gasteiger partial charge is 0.395 e. The first-order chi connectivity index (χ1) is 3.81. The van der Waals surface area contributed by atoms with Gasteiger partial charge in [-0.15, -0.1) is 0 Å². The van der Waals surface area contributed by atoms with E-state index in [1.807, 2.05) is 13.0 Å². The number of rotatable bonds is 2. The monoisotopic (exact) mass is 112 g/mol. The smallest absolute Gasteiger partial charge is 0.153 e. The van der Waals surface area contributed by atoms with Crippen LogP contribution in [0.3, 0.4) is 0 Å². The molecule has 3 heteroatoms. The summed E-state index contributed by atoms with van der Waals surface area (Å²) in [4.78, 5) is 4.55. The zero-order valence-corrected chi connectivity index (χ0v) is 5.01. The molecule has 0 aromatic carbocycles. The maximum absolute atomic E-state index is 8.10. The van der Waals surface area contributed by atoms with Crippen LogP contribution in [-0.4, -0.2) is 12.3 Å². The standard InChI is InChI=1S/C5H8N2O/c1-3-8-7-5(2)4-6/h3H2,1-2H3. The molecule has 0 bridgehead atoms. The van der Waals surface area contributed by atoms with Crippen molar-refractivity contribution in [3.8, 4) is 6.07 Å². The van der Waals surface area contributed by atoms with Gasteiger partial charge in [0.05, 0.1) is 0 Å². The van der Waals surface area contributed by atoms with Crippen molar-refractivity contribution in [3.05, 3.63) is 0 Å². The lowest BCUT2D eigenvalue weighted by Crippen LogP contribution is -1.87. The topological polar surface area (TPSA) is 45.4 Å². The SMILES string of the molecule is CCON=C(C)C#N. The van der Waals surface area contributed by atoms with Gasteiger partial charge in [-0.2, -0.15) is 5.26 Å². The first-order valence-electron chi connectivity index (χ1n) is 2.38. The van der Waals surface area contributed by atoms with E-state index in [4.69, 9.17) is 5.26 Å². The van der Waals surface area contributed by atoms with Crippen molar-refractivity contribution in [2.75, 3.05) is 6.61 Å². The van der Waals surface area contributed by atoms with Crippen molar-refractivity contribution in [3.63, 3.8) is 0 Å². The van der Waals surface area contributed by atoms with E-state index in [-0.39, 0.29) is 0 Å². The first-order valence-corrected chi connectivity index (χ1v) is 2.38. The molecule has 0 atom stereocenters. The van der Waals surface area contributed by atoms with E-state index in [0.29, 0.717) is 12.3 Å². The van der Waals surface area contributed by atoms with Crippen molar-refractivity contribution >= 4 is 5.71 Å². The fourth-order valence-electron chi connectivity index (χ4n) is 0.182. The van der Waals surface area contributed by atoms with Crippen molar-refractivity contribution in [1.29, 1.82) is 5.26 Å². The number of nitrogens with zero attached hydrogens (tertiary/aromatic N) is 2. The molecule has 0 spiro atoms. The predicted octanol–water partition coefficient (Wildman–Crippen LogP) is 0.922. The van der Waals surface area contributed by atoms with Crippen LogP contribution in [0.5, 0.6) is 0 Å². The normalized spacial score (nSPS) is 10.4. The molecule has 0 fully saturated rings. The number of hydrogen-bond donors (Lipinski definition) is 0. The summed E-state index contributed by atoms with van der Waals surface area (Å²) in [7, 11) is 0. The lowest BCUT2D eigenvalue weighted by Gasteiger charge is -1.88.